The number of rotatable bonds is 4. The summed E-state index contributed by atoms with van der Waals surface area (Å²) in [7, 11) is -1.47. The molecule has 0 spiro atoms. The van der Waals surface area contributed by atoms with E-state index in [9.17, 15) is 0 Å². The van der Waals surface area contributed by atoms with Crippen LogP contribution in [0.5, 0.6) is 5.75 Å². The van der Waals surface area contributed by atoms with E-state index in [1.807, 2.05) is 6.07 Å². The van der Waals surface area contributed by atoms with E-state index in [1.54, 1.807) is 36.4 Å². The van der Waals surface area contributed by atoms with Gasteiger partial charge in [-0.1, -0.05) is 41.4 Å². The highest BCUT2D eigenvalue weighted by Crippen LogP contribution is 2.23. The Morgan fingerprint density at radius 2 is 1.63 bits per heavy atom. The largest absolute Gasteiger partial charge is 0.489 e. The summed E-state index contributed by atoms with van der Waals surface area (Å²) in [5.74, 6) is 0.635. The second-order valence-corrected chi connectivity index (χ2v) is 4.79. The third-order valence-electron chi connectivity index (χ3n) is 2.57. The van der Waals surface area contributed by atoms with Gasteiger partial charge >= 0.3 is 7.12 Å². The van der Waals surface area contributed by atoms with Crippen molar-refractivity contribution in [3.8, 4) is 5.75 Å². The second kappa shape index (κ2) is 6.30. The second-order valence-electron chi connectivity index (χ2n) is 3.98. The smallest absolute Gasteiger partial charge is 0.488 e. The highest BCUT2D eigenvalue weighted by atomic mass is 35.5. The van der Waals surface area contributed by atoms with Gasteiger partial charge in [-0.3, -0.25) is 0 Å². The molecule has 0 aliphatic heterocycles. The van der Waals surface area contributed by atoms with Gasteiger partial charge in [0.2, 0.25) is 0 Å². The molecular weight excluding hydrogens is 286 g/mol. The van der Waals surface area contributed by atoms with Gasteiger partial charge in [-0.15, -0.1) is 0 Å². The van der Waals surface area contributed by atoms with Crippen LogP contribution in [0.3, 0.4) is 0 Å². The van der Waals surface area contributed by atoms with E-state index in [4.69, 9.17) is 38.0 Å². The number of ether oxygens (including phenoxy) is 1. The summed E-state index contributed by atoms with van der Waals surface area (Å²) in [6.45, 7) is 0.359. The van der Waals surface area contributed by atoms with Gasteiger partial charge in [0.05, 0.1) is 10.0 Å². The Hall–Kier alpha value is -1.20. The average molecular weight is 297 g/mol. The molecule has 2 aromatic carbocycles. The van der Waals surface area contributed by atoms with E-state index in [2.05, 4.69) is 0 Å². The summed E-state index contributed by atoms with van der Waals surface area (Å²) in [6.07, 6.45) is 0. The molecule has 0 aliphatic rings. The normalized spacial score (nSPS) is 10.3. The van der Waals surface area contributed by atoms with Gasteiger partial charge < -0.3 is 14.8 Å². The van der Waals surface area contributed by atoms with E-state index >= 15 is 0 Å². The van der Waals surface area contributed by atoms with Crippen LogP contribution in [-0.4, -0.2) is 17.2 Å². The molecule has 0 amide bonds. The fourth-order valence-electron chi connectivity index (χ4n) is 1.53. The highest BCUT2D eigenvalue weighted by Gasteiger charge is 2.09. The van der Waals surface area contributed by atoms with Gasteiger partial charge in [0.1, 0.15) is 12.4 Å². The van der Waals surface area contributed by atoms with Crippen molar-refractivity contribution in [2.45, 2.75) is 6.61 Å². The lowest BCUT2D eigenvalue weighted by atomic mass is 9.80. The maximum Gasteiger partial charge on any atom is 0.488 e. The van der Waals surface area contributed by atoms with Crippen LogP contribution in [0.25, 0.3) is 0 Å². The maximum absolute atomic E-state index is 8.97. The number of halogens is 2. The topological polar surface area (TPSA) is 49.7 Å². The first kappa shape index (κ1) is 14.2. The van der Waals surface area contributed by atoms with Gasteiger partial charge in [0.15, 0.2) is 0 Å². The van der Waals surface area contributed by atoms with Crippen LogP contribution in [0.1, 0.15) is 5.56 Å². The molecule has 0 heterocycles. The molecule has 0 fully saturated rings. The summed E-state index contributed by atoms with van der Waals surface area (Å²) in [5, 5.41) is 18.9. The molecule has 2 aromatic rings. The SMILES string of the molecule is OB(O)c1ccc(OCc2ccc(Cl)c(Cl)c2)cc1. The zero-order chi connectivity index (χ0) is 13.8. The summed E-state index contributed by atoms with van der Waals surface area (Å²) < 4.78 is 5.56. The third-order valence-corrected chi connectivity index (χ3v) is 3.31. The molecule has 0 bridgehead atoms. The first-order chi connectivity index (χ1) is 9.06. The monoisotopic (exact) mass is 296 g/mol. The fraction of sp³-hybridized carbons (Fsp3) is 0.0769. The Kier molecular flexibility index (Phi) is 4.72. The van der Waals surface area contributed by atoms with Gasteiger partial charge in [-0.05, 0) is 35.3 Å². The van der Waals surface area contributed by atoms with Crippen LogP contribution in [0.2, 0.25) is 10.0 Å². The van der Waals surface area contributed by atoms with Crippen LogP contribution < -0.4 is 10.2 Å². The van der Waals surface area contributed by atoms with E-state index < -0.39 is 7.12 Å². The molecule has 2 N–H and O–H groups in total. The van der Waals surface area contributed by atoms with Crippen LogP contribution in [0.15, 0.2) is 42.5 Å². The first-order valence-electron chi connectivity index (χ1n) is 5.59. The molecule has 0 atom stereocenters. The van der Waals surface area contributed by atoms with Gasteiger partial charge in [0, 0.05) is 0 Å². The quantitative estimate of drug-likeness (QED) is 0.851. The van der Waals surface area contributed by atoms with E-state index in [0.717, 1.165) is 5.56 Å². The zero-order valence-electron chi connectivity index (χ0n) is 9.88. The van der Waals surface area contributed by atoms with Crippen molar-refractivity contribution in [2.24, 2.45) is 0 Å². The third kappa shape index (κ3) is 3.88. The van der Waals surface area contributed by atoms with Crippen LogP contribution in [-0.2, 0) is 6.61 Å². The lowest BCUT2D eigenvalue weighted by Crippen LogP contribution is -2.29. The Bertz CT molecular complexity index is 558. The Balaban J connectivity index is 2.00. The predicted octanol–water partition coefficient (Wildman–Crippen LogP) is 2.25. The van der Waals surface area contributed by atoms with Crippen LogP contribution >= 0.6 is 23.2 Å². The number of benzene rings is 2. The Labute approximate surface area is 121 Å². The fourth-order valence-corrected chi connectivity index (χ4v) is 1.85. The van der Waals surface area contributed by atoms with Crippen molar-refractivity contribution in [3.05, 3.63) is 58.1 Å². The first-order valence-corrected chi connectivity index (χ1v) is 6.34. The van der Waals surface area contributed by atoms with E-state index in [-0.39, 0.29) is 0 Å². The molecular formula is C13H11BCl2O3. The zero-order valence-corrected chi connectivity index (χ0v) is 11.4. The van der Waals surface area contributed by atoms with Crippen molar-refractivity contribution in [2.75, 3.05) is 0 Å². The lowest BCUT2D eigenvalue weighted by molar-refractivity contribution is 0.306. The molecule has 0 saturated carbocycles. The predicted molar refractivity (Wildman–Crippen MR) is 77.1 cm³/mol. The van der Waals surface area contributed by atoms with Gasteiger partial charge in [-0.2, -0.15) is 0 Å². The molecule has 0 saturated heterocycles. The molecule has 3 nitrogen and oxygen atoms in total. The highest BCUT2D eigenvalue weighted by molar-refractivity contribution is 6.58. The van der Waals surface area contributed by atoms with Crippen LogP contribution in [0, 0.1) is 0 Å². The van der Waals surface area contributed by atoms with Crippen molar-refractivity contribution in [1.82, 2.24) is 0 Å². The number of hydrogen-bond donors (Lipinski definition) is 2. The minimum absolute atomic E-state index is 0.359. The maximum atomic E-state index is 8.97. The summed E-state index contributed by atoms with van der Waals surface area (Å²) >= 11 is 11.7. The van der Waals surface area contributed by atoms with E-state index in [1.165, 1.54) is 0 Å². The van der Waals surface area contributed by atoms with Gasteiger partial charge in [0.25, 0.3) is 0 Å². The Morgan fingerprint density at radius 1 is 0.947 bits per heavy atom. The van der Waals surface area contributed by atoms with Crippen molar-refractivity contribution in [3.63, 3.8) is 0 Å². The molecule has 98 valence electrons. The molecule has 0 unspecified atom stereocenters. The molecule has 2 rings (SSSR count). The lowest BCUT2D eigenvalue weighted by Gasteiger charge is -2.08. The van der Waals surface area contributed by atoms with Crippen molar-refractivity contribution in [1.29, 1.82) is 0 Å². The number of hydrogen-bond acceptors (Lipinski definition) is 3. The molecule has 0 aliphatic carbocycles. The molecule has 0 aromatic heterocycles. The summed E-state index contributed by atoms with van der Waals surface area (Å²) in [5.41, 5.74) is 1.32. The van der Waals surface area contributed by atoms with Gasteiger partial charge in [-0.25, -0.2) is 0 Å². The molecule has 0 radical (unpaired) electrons. The van der Waals surface area contributed by atoms with Crippen molar-refractivity contribution >= 4 is 35.8 Å². The summed E-state index contributed by atoms with van der Waals surface area (Å²) in [4.78, 5) is 0. The average Bonchev–Trinajstić information content (AvgIpc) is 2.40. The Morgan fingerprint density at radius 3 is 2.21 bits per heavy atom. The standard InChI is InChI=1S/C13H11BCl2O3/c15-12-6-1-9(7-13(12)16)8-19-11-4-2-10(3-5-11)14(17)18/h1-7,17-18H,8H2. The van der Waals surface area contributed by atoms with Crippen LogP contribution in [0.4, 0.5) is 0 Å². The molecule has 19 heavy (non-hydrogen) atoms. The minimum atomic E-state index is -1.47. The molecule has 6 heteroatoms. The van der Waals surface area contributed by atoms with E-state index in [0.29, 0.717) is 27.9 Å². The summed E-state index contributed by atoms with van der Waals surface area (Å²) in [6, 6.07) is 11.8. The minimum Gasteiger partial charge on any atom is -0.489 e. The van der Waals surface area contributed by atoms with Crippen molar-refractivity contribution < 1.29 is 14.8 Å².